The molecule has 0 unspecified atom stereocenters. The number of anilines is 1. The Morgan fingerprint density at radius 2 is 1.82 bits per heavy atom. The summed E-state index contributed by atoms with van der Waals surface area (Å²) in [6.07, 6.45) is 0. The molecule has 2 aromatic carbocycles. The maximum Gasteiger partial charge on any atom is 0.263 e. The van der Waals surface area contributed by atoms with Crippen molar-refractivity contribution in [1.82, 2.24) is 4.98 Å². The van der Waals surface area contributed by atoms with Crippen LogP contribution in [0.1, 0.15) is 16.7 Å². The highest BCUT2D eigenvalue weighted by atomic mass is 32.2. The molecular formula is C16H16N2O2S2. The Morgan fingerprint density at radius 1 is 1.05 bits per heavy atom. The van der Waals surface area contributed by atoms with E-state index in [0.29, 0.717) is 10.0 Å². The Morgan fingerprint density at radius 3 is 2.55 bits per heavy atom. The molecule has 0 bridgehead atoms. The van der Waals surface area contributed by atoms with Gasteiger partial charge in [0.1, 0.15) is 0 Å². The molecule has 0 spiro atoms. The van der Waals surface area contributed by atoms with Gasteiger partial charge in [-0.3, -0.25) is 4.72 Å². The molecule has 0 atom stereocenters. The first-order valence-electron chi connectivity index (χ1n) is 6.83. The number of nitrogens with zero attached hydrogens (tertiary/aromatic N) is 1. The van der Waals surface area contributed by atoms with E-state index in [1.54, 1.807) is 13.0 Å². The molecule has 6 heteroatoms. The topological polar surface area (TPSA) is 59.1 Å². The monoisotopic (exact) mass is 332 g/mol. The zero-order chi connectivity index (χ0) is 15.9. The van der Waals surface area contributed by atoms with Crippen molar-refractivity contribution in [1.29, 1.82) is 0 Å². The van der Waals surface area contributed by atoms with Crippen molar-refractivity contribution in [2.75, 3.05) is 4.72 Å². The summed E-state index contributed by atoms with van der Waals surface area (Å²) in [7, 11) is -3.63. The van der Waals surface area contributed by atoms with Crippen LogP contribution in [0.15, 0.2) is 41.3 Å². The van der Waals surface area contributed by atoms with E-state index in [1.807, 2.05) is 44.2 Å². The Bertz CT molecular complexity index is 959. The molecule has 0 aliphatic rings. The molecule has 114 valence electrons. The fourth-order valence-electron chi connectivity index (χ4n) is 2.30. The quantitative estimate of drug-likeness (QED) is 0.788. The molecular weight excluding hydrogens is 316 g/mol. The third-order valence-corrected chi connectivity index (χ3v) is 6.02. The molecule has 3 aromatic rings. The summed E-state index contributed by atoms with van der Waals surface area (Å²) in [4.78, 5) is 4.70. The highest BCUT2D eigenvalue weighted by Gasteiger charge is 2.19. The third kappa shape index (κ3) is 2.71. The fraction of sp³-hybridized carbons (Fsp3) is 0.188. The summed E-state index contributed by atoms with van der Waals surface area (Å²) in [6, 6.07) is 11.2. The standard InChI is InChI=1S/C16H16N2O2S2/c1-10-7-8-11(2)14(9-10)22(19,20)18-16-17-15-12(3)5-4-6-13(15)21-16/h4-9H,1-3H3,(H,17,18). The molecule has 1 N–H and O–H groups in total. The fourth-order valence-corrected chi connectivity index (χ4v) is 4.81. The lowest BCUT2D eigenvalue weighted by atomic mass is 10.2. The number of aryl methyl sites for hydroxylation is 3. The van der Waals surface area contributed by atoms with Crippen molar-refractivity contribution in [3.05, 3.63) is 53.1 Å². The first kappa shape index (κ1) is 15.0. The number of aromatic nitrogens is 1. The van der Waals surface area contributed by atoms with E-state index >= 15 is 0 Å². The highest BCUT2D eigenvalue weighted by Crippen LogP contribution is 2.30. The smallest absolute Gasteiger partial charge is 0.255 e. The maximum atomic E-state index is 12.6. The molecule has 0 aliphatic heterocycles. The number of hydrogen-bond donors (Lipinski definition) is 1. The summed E-state index contributed by atoms with van der Waals surface area (Å²) in [6.45, 7) is 5.63. The second-order valence-electron chi connectivity index (χ2n) is 5.32. The molecule has 4 nitrogen and oxygen atoms in total. The third-order valence-electron chi connectivity index (χ3n) is 3.48. The lowest BCUT2D eigenvalue weighted by Gasteiger charge is -2.08. The normalized spacial score (nSPS) is 11.8. The Hall–Kier alpha value is -1.92. The van der Waals surface area contributed by atoms with Crippen LogP contribution in [0.3, 0.4) is 0 Å². The average Bonchev–Trinajstić information content (AvgIpc) is 2.84. The first-order chi connectivity index (χ1) is 10.4. The highest BCUT2D eigenvalue weighted by molar-refractivity contribution is 7.93. The molecule has 22 heavy (non-hydrogen) atoms. The number of nitrogens with one attached hydrogen (secondary N) is 1. The maximum absolute atomic E-state index is 12.6. The minimum atomic E-state index is -3.63. The van der Waals surface area contributed by atoms with Gasteiger partial charge in [-0.1, -0.05) is 35.6 Å². The summed E-state index contributed by atoms with van der Waals surface area (Å²) in [5.41, 5.74) is 3.50. The minimum absolute atomic E-state index is 0.295. The van der Waals surface area contributed by atoms with E-state index < -0.39 is 10.0 Å². The number of thiazole rings is 1. The molecule has 0 fully saturated rings. The van der Waals surface area contributed by atoms with Crippen LogP contribution < -0.4 is 4.72 Å². The van der Waals surface area contributed by atoms with Gasteiger partial charge in [-0.25, -0.2) is 13.4 Å². The lowest BCUT2D eigenvalue weighted by Crippen LogP contribution is -2.14. The van der Waals surface area contributed by atoms with Crippen molar-refractivity contribution >= 4 is 36.7 Å². The molecule has 0 saturated carbocycles. The first-order valence-corrected chi connectivity index (χ1v) is 9.13. The summed E-state index contributed by atoms with van der Waals surface area (Å²) >= 11 is 1.34. The SMILES string of the molecule is Cc1ccc(C)c(S(=O)(=O)Nc2nc3c(C)cccc3s2)c1. The molecule has 1 aromatic heterocycles. The van der Waals surface area contributed by atoms with E-state index in [2.05, 4.69) is 9.71 Å². The van der Waals surface area contributed by atoms with Gasteiger partial charge in [-0.05, 0) is 49.6 Å². The predicted octanol–water partition coefficient (Wildman–Crippen LogP) is 4.02. The Balaban J connectivity index is 2.03. The van der Waals surface area contributed by atoms with Crippen LogP contribution in [-0.4, -0.2) is 13.4 Å². The molecule has 0 amide bonds. The van der Waals surface area contributed by atoms with E-state index in [1.165, 1.54) is 11.3 Å². The summed E-state index contributed by atoms with van der Waals surface area (Å²) in [5.74, 6) is 0. The largest absolute Gasteiger partial charge is 0.263 e. The minimum Gasteiger partial charge on any atom is -0.255 e. The van der Waals surface area contributed by atoms with E-state index in [4.69, 9.17) is 0 Å². The van der Waals surface area contributed by atoms with Crippen molar-refractivity contribution in [3.63, 3.8) is 0 Å². The van der Waals surface area contributed by atoms with Gasteiger partial charge in [-0.15, -0.1) is 0 Å². The van der Waals surface area contributed by atoms with Crippen molar-refractivity contribution in [3.8, 4) is 0 Å². The van der Waals surface area contributed by atoms with Gasteiger partial charge in [0, 0.05) is 0 Å². The van der Waals surface area contributed by atoms with Crippen LogP contribution >= 0.6 is 11.3 Å². The number of benzene rings is 2. The van der Waals surface area contributed by atoms with Crippen molar-refractivity contribution in [2.45, 2.75) is 25.7 Å². The van der Waals surface area contributed by atoms with Crippen LogP contribution in [0.4, 0.5) is 5.13 Å². The zero-order valence-electron chi connectivity index (χ0n) is 12.5. The van der Waals surface area contributed by atoms with Gasteiger partial charge in [0.05, 0.1) is 15.1 Å². The molecule has 0 saturated heterocycles. The van der Waals surface area contributed by atoms with E-state index in [9.17, 15) is 8.42 Å². The van der Waals surface area contributed by atoms with Crippen LogP contribution in [0.5, 0.6) is 0 Å². The van der Waals surface area contributed by atoms with Crippen molar-refractivity contribution in [2.24, 2.45) is 0 Å². The molecule has 0 aliphatic carbocycles. The zero-order valence-corrected chi connectivity index (χ0v) is 14.2. The van der Waals surface area contributed by atoms with Crippen LogP contribution in [0.25, 0.3) is 10.2 Å². The number of sulfonamides is 1. The van der Waals surface area contributed by atoms with Crippen LogP contribution in [-0.2, 0) is 10.0 Å². The van der Waals surface area contributed by atoms with Crippen molar-refractivity contribution < 1.29 is 8.42 Å². The lowest BCUT2D eigenvalue weighted by molar-refractivity contribution is 0.600. The van der Waals surface area contributed by atoms with Gasteiger partial charge in [0.25, 0.3) is 10.0 Å². The molecule has 0 radical (unpaired) electrons. The van der Waals surface area contributed by atoms with Gasteiger partial charge in [-0.2, -0.15) is 0 Å². The number of rotatable bonds is 3. The number of para-hydroxylation sites is 1. The second kappa shape index (κ2) is 5.37. The summed E-state index contributed by atoms with van der Waals surface area (Å²) in [5, 5.41) is 0.394. The Labute approximate surface area is 133 Å². The van der Waals surface area contributed by atoms with Gasteiger partial charge in [0.15, 0.2) is 5.13 Å². The number of fused-ring (bicyclic) bond motifs is 1. The van der Waals surface area contributed by atoms with E-state index in [-0.39, 0.29) is 0 Å². The van der Waals surface area contributed by atoms with Crippen LogP contribution in [0.2, 0.25) is 0 Å². The predicted molar refractivity (Wildman–Crippen MR) is 91.1 cm³/mol. The second-order valence-corrected chi connectivity index (χ2v) is 8.00. The van der Waals surface area contributed by atoms with Gasteiger partial charge < -0.3 is 0 Å². The summed E-state index contributed by atoms with van der Waals surface area (Å²) < 4.78 is 28.8. The number of hydrogen-bond acceptors (Lipinski definition) is 4. The van der Waals surface area contributed by atoms with Crippen LogP contribution in [0, 0.1) is 20.8 Å². The van der Waals surface area contributed by atoms with E-state index in [0.717, 1.165) is 26.9 Å². The molecule has 1 heterocycles. The Kier molecular flexibility index (Phi) is 3.66. The van der Waals surface area contributed by atoms with Gasteiger partial charge >= 0.3 is 0 Å². The molecule has 3 rings (SSSR count). The average molecular weight is 332 g/mol. The van der Waals surface area contributed by atoms with Gasteiger partial charge in [0.2, 0.25) is 0 Å².